The zero-order chi connectivity index (χ0) is 13.1. The maximum absolute atomic E-state index is 14.0. The molecule has 6 heteroatoms. The Labute approximate surface area is 118 Å². The normalized spacial score (nSPS) is 10.9. The summed E-state index contributed by atoms with van der Waals surface area (Å²) >= 11 is 9.15. The third-order valence-electron chi connectivity index (χ3n) is 2.59. The lowest BCUT2D eigenvalue weighted by atomic mass is 10.2. The second-order valence-electron chi connectivity index (χ2n) is 3.83. The number of aromatic nitrogens is 3. The molecule has 18 heavy (non-hydrogen) atoms. The maximum Gasteiger partial charge on any atom is 0.167 e. The van der Waals surface area contributed by atoms with Gasteiger partial charge in [0, 0.05) is 6.54 Å². The van der Waals surface area contributed by atoms with Gasteiger partial charge in [-0.3, -0.25) is 0 Å². The molecule has 0 fully saturated rings. The molecule has 0 aliphatic carbocycles. The van der Waals surface area contributed by atoms with Crippen molar-refractivity contribution in [1.29, 1.82) is 0 Å². The van der Waals surface area contributed by atoms with E-state index >= 15 is 0 Å². The van der Waals surface area contributed by atoms with Crippen LogP contribution in [0.25, 0.3) is 11.4 Å². The van der Waals surface area contributed by atoms with Crippen LogP contribution in [0.3, 0.4) is 0 Å². The number of rotatable bonds is 4. The van der Waals surface area contributed by atoms with Gasteiger partial charge in [0.05, 0.1) is 15.9 Å². The molecule has 1 aromatic heterocycles. The predicted molar refractivity (Wildman–Crippen MR) is 73.3 cm³/mol. The van der Waals surface area contributed by atoms with E-state index in [1.54, 1.807) is 12.1 Å². The van der Waals surface area contributed by atoms with Crippen molar-refractivity contribution in [3.8, 4) is 11.4 Å². The van der Waals surface area contributed by atoms with Gasteiger partial charge in [-0.2, -0.15) is 0 Å². The molecule has 0 amide bonds. The smallest absolute Gasteiger partial charge is 0.167 e. The molecule has 0 aliphatic heterocycles. The van der Waals surface area contributed by atoms with Gasteiger partial charge in [-0.1, -0.05) is 40.5 Å². The summed E-state index contributed by atoms with van der Waals surface area (Å²) in [6, 6.07) is 4.89. The molecule has 0 spiro atoms. The van der Waals surface area contributed by atoms with E-state index in [0.717, 1.165) is 18.8 Å². The Morgan fingerprint density at radius 2 is 2.17 bits per heavy atom. The summed E-state index contributed by atoms with van der Waals surface area (Å²) in [7, 11) is 0. The van der Waals surface area contributed by atoms with Crippen LogP contribution in [0.4, 0.5) is 4.39 Å². The van der Waals surface area contributed by atoms with Crippen LogP contribution in [-0.2, 0) is 11.9 Å². The fourth-order valence-corrected chi connectivity index (χ4v) is 2.36. The van der Waals surface area contributed by atoms with Gasteiger partial charge in [-0.15, -0.1) is 10.2 Å². The number of nitrogens with zero attached hydrogens (tertiary/aromatic N) is 3. The summed E-state index contributed by atoms with van der Waals surface area (Å²) in [4.78, 5) is 0. The fraction of sp³-hybridized carbons (Fsp3) is 0.333. The van der Waals surface area contributed by atoms with Gasteiger partial charge in [0.1, 0.15) is 5.82 Å². The minimum atomic E-state index is -0.454. The van der Waals surface area contributed by atoms with Gasteiger partial charge in [0.15, 0.2) is 11.6 Å². The van der Waals surface area contributed by atoms with Crippen molar-refractivity contribution >= 4 is 27.5 Å². The molecule has 2 rings (SSSR count). The second-order valence-corrected chi connectivity index (χ2v) is 4.79. The Balaban J connectivity index is 2.56. The summed E-state index contributed by atoms with van der Waals surface area (Å²) < 4.78 is 15.9. The monoisotopic (exact) mass is 331 g/mol. The molecule has 0 saturated carbocycles. The lowest BCUT2D eigenvalue weighted by Gasteiger charge is -2.08. The Bertz CT molecular complexity index is 556. The molecule has 0 unspecified atom stereocenters. The van der Waals surface area contributed by atoms with Gasteiger partial charge >= 0.3 is 0 Å². The van der Waals surface area contributed by atoms with Crippen molar-refractivity contribution in [3.63, 3.8) is 0 Å². The third kappa shape index (κ3) is 2.42. The second kappa shape index (κ2) is 5.80. The minimum absolute atomic E-state index is 0.0962. The van der Waals surface area contributed by atoms with Gasteiger partial charge in [0.2, 0.25) is 0 Å². The molecule has 1 aromatic carbocycles. The van der Waals surface area contributed by atoms with E-state index in [-0.39, 0.29) is 5.02 Å². The highest BCUT2D eigenvalue weighted by atomic mass is 79.9. The van der Waals surface area contributed by atoms with Crippen molar-refractivity contribution in [2.45, 2.75) is 25.2 Å². The van der Waals surface area contributed by atoms with Crippen LogP contribution < -0.4 is 0 Å². The zero-order valence-electron chi connectivity index (χ0n) is 9.83. The first-order chi connectivity index (χ1) is 8.69. The first-order valence-electron chi connectivity index (χ1n) is 5.61. The van der Waals surface area contributed by atoms with E-state index in [0.29, 0.717) is 16.7 Å². The minimum Gasteiger partial charge on any atom is -0.310 e. The van der Waals surface area contributed by atoms with E-state index in [4.69, 9.17) is 11.6 Å². The number of hydrogen-bond acceptors (Lipinski definition) is 2. The van der Waals surface area contributed by atoms with E-state index in [1.807, 2.05) is 4.57 Å². The van der Waals surface area contributed by atoms with Gasteiger partial charge in [0.25, 0.3) is 0 Å². The van der Waals surface area contributed by atoms with Gasteiger partial charge in [-0.25, -0.2) is 4.39 Å². The SMILES string of the molecule is CCCn1c(CBr)nnc1-c1cccc(Cl)c1F. The molecule has 0 saturated heterocycles. The number of alkyl halides is 1. The van der Waals surface area contributed by atoms with E-state index in [9.17, 15) is 4.39 Å². The fourth-order valence-electron chi connectivity index (χ4n) is 1.77. The molecule has 0 atom stereocenters. The molecule has 3 nitrogen and oxygen atoms in total. The van der Waals surface area contributed by atoms with E-state index in [2.05, 4.69) is 33.1 Å². The predicted octanol–water partition coefficient (Wildman–Crippen LogP) is 4.04. The van der Waals surface area contributed by atoms with Crippen LogP contribution in [-0.4, -0.2) is 14.8 Å². The lowest BCUT2D eigenvalue weighted by Crippen LogP contribution is -2.04. The van der Waals surface area contributed by atoms with Crippen molar-refractivity contribution < 1.29 is 4.39 Å². The van der Waals surface area contributed by atoms with Crippen LogP contribution in [0, 0.1) is 5.82 Å². The maximum atomic E-state index is 14.0. The summed E-state index contributed by atoms with van der Waals surface area (Å²) in [5, 5.41) is 8.80. The summed E-state index contributed by atoms with van der Waals surface area (Å²) in [5.41, 5.74) is 0.385. The Morgan fingerprint density at radius 3 is 2.83 bits per heavy atom. The molecule has 2 aromatic rings. The molecular formula is C12H12BrClFN3. The van der Waals surface area contributed by atoms with Crippen molar-refractivity contribution in [3.05, 3.63) is 34.9 Å². The number of benzene rings is 1. The Morgan fingerprint density at radius 1 is 1.39 bits per heavy atom. The standard InChI is InChI=1S/C12H12BrClFN3/c1-2-6-18-10(7-13)16-17-12(18)8-4-3-5-9(14)11(8)15/h3-5H,2,6-7H2,1H3. The summed E-state index contributed by atoms with van der Waals surface area (Å²) in [6.45, 7) is 2.80. The first-order valence-corrected chi connectivity index (χ1v) is 7.11. The van der Waals surface area contributed by atoms with E-state index in [1.165, 1.54) is 6.07 Å². The molecule has 0 radical (unpaired) electrons. The van der Waals surface area contributed by atoms with E-state index < -0.39 is 5.82 Å². The molecule has 0 N–H and O–H groups in total. The molecule has 96 valence electrons. The van der Waals surface area contributed by atoms with Crippen LogP contribution >= 0.6 is 27.5 Å². The first kappa shape index (κ1) is 13.5. The highest BCUT2D eigenvalue weighted by molar-refractivity contribution is 9.08. The van der Waals surface area contributed by atoms with Crippen molar-refractivity contribution in [2.24, 2.45) is 0 Å². The van der Waals surface area contributed by atoms with Gasteiger partial charge in [-0.05, 0) is 18.6 Å². The number of hydrogen-bond donors (Lipinski definition) is 0. The zero-order valence-corrected chi connectivity index (χ0v) is 12.2. The summed E-state index contributed by atoms with van der Waals surface area (Å²) in [5.74, 6) is 0.850. The van der Waals surface area contributed by atoms with Crippen LogP contribution in [0.5, 0.6) is 0 Å². The molecule has 1 heterocycles. The third-order valence-corrected chi connectivity index (χ3v) is 3.38. The van der Waals surface area contributed by atoms with Gasteiger partial charge < -0.3 is 4.57 Å². The van der Waals surface area contributed by atoms with Crippen LogP contribution in [0.2, 0.25) is 5.02 Å². The number of halogens is 3. The average molecular weight is 333 g/mol. The van der Waals surface area contributed by atoms with Crippen LogP contribution in [0.15, 0.2) is 18.2 Å². The lowest BCUT2D eigenvalue weighted by molar-refractivity contribution is 0.622. The Kier molecular flexibility index (Phi) is 4.35. The Hall–Kier alpha value is -0.940. The molecule has 0 bridgehead atoms. The highest BCUT2D eigenvalue weighted by Crippen LogP contribution is 2.27. The largest absolute Gasteiger partial charge is 0.310 e. The van der Waals surface area contributed by atoms with Crippen LogP contribution in [0.1, 0.15) is 19.2 Å². The molecule has 0 aliphatic rings. The molecular weight excluding hydrogens is 321 g/mol. The quantitative estimate of drug-likeness (QED) is 0.791. The van der Waals surface area contributed by atoms with Crippen molar-refractivity contribution in [2.75, 3.05) is 0 Å². The topological polar surface area (TPSA) is 30.7 Å². The van der Waals surface area contributed by atoms with Crippen molar-refractivity contribution in [1.82, 2.24) is 14.8 Å². The average Bonchev–Trinajstić information content (AvgIpc) is 2.76. The highest BCUT2D eigenvalue weighted by Gasteiger charge is 2.17. The summed E-state index contributed by atoms with van der Waals surface area (Å²) in [6.07, 6.45) is 0.924.